The van der Waals surface area contributed by atoms with Gasteiger partial charge in [-0.05, 0) is 36.2 Å². The summed E-state index contributed by atoms with van der Waals surface area (Å²) in [5.74, 6) is -0.792. The predicted octanol–water partition coefficient (Wildman–Crippen LogP) is 3.26. The number of benzene rings is 2. The molecule has 0 saturated carbocycles. The molecule has 1 aromatic heterocycles. The molecule has 136 valence electrons. The molecule has 27 heavy (non-hydrogen) atoms. The standard InChI is InChI=1S/C20H17ClN4O2/c1-27-14-8-6-13(7-9-14)10-11-23-20(26)15(12-22)18-19(21)25-17-5-3-2-4-16(17)24-18/h2-9,15H,10-11H2,1H3,(H,23,26)/t15-/m0/s1. The van der Waals surface area contributed by atoms with Crippen LogP contribution in [0.15, 0.2) is 48.5 Å². The van der Waals surface area contributed by atoms with Crippen molar-refractivity contribution >= 4 is 28.5 Å². The Balaban J connectivity index is 1.69. The summed E-state index contributed by atoms with van der Waals surface area (Å²) in [5, 5.41) is 12.3. The fourth-order valence-electron chi connectivity index (χ4n) is 2.64. The van der Waals surface area contributed by atoms with Gasteiger partial charge in [-0.1, -0.05) is 35.9 Å². The molecular formula is C20H17ClN4O2. The highest BCUT2D eigenvalue weighted by molar-refractivity contribution is 6.30. The number of fused-ring (bicyclic) bond motifs is 1. The first-order valence-corrected chi connectivity index (χ1v) is 8.72. The number of nitrogens with one attached hydrogen (secondary N) is 1. The van der Waals surface area contributed by atoms with Crippen LogP contribution in [-0.2, 0) is 11.2 Å². The van der Waals surface area contributed by atoms with Crippen molar-refractivity contribution in [2.75, 3.05) is 13.7 Å². The van der Waals surface area contributed by atoms with Gasteiger partial charge < -0.3 is 10.1 Å². The Kier molecular flexibility index (Phi) is 5.84. The van der Waals surface area contributed by atoms with Gasteiger partial charge >= 0.3 is 0 Å². The van der Waals surface area contributed by atoms with Gasteiger partial charge in [-0.25, -0.2) is 9.97 Å². The number of methoxy groups -OCH3 is 1. The van der Waals surface area contributed by atoms with Crippen LogP contribution in [0.4, 0.5) is 0 Å². The van der Waals surface area contributed by atoms with Crippen LogP contribution >= 0.6 is 11.6 Å². The predicted molar refractivity (Wildman–Crippen MR) is 103 cm³/mol. The number of rotatable bonds is 6. The van der Waals surface area contributed by atoms with Crippen LogP contribution in [0.1, 0.15) is 17.2 Å². The van der Waals surface area contributed by atoms with Gasteiger partial charge in [-0.3, -0.25) is 4.79 Å². The molecule has 0 aliphatic rings. The second-order valence-electron chi connectivity index (χ2n) is 5.84. The number of aromatic nitrogens is 2. The topological polar surface area (TPSA) is 87.9 Å². The minimum absolute atomic E-state index is 0.0607. The highest BCUT2D eigenvalue weighted by Gasteiger charge is 2.25. The van der Waals surface area contributed by atoms with E-state index < -0.39 is 11.8 Å². The summed E-state index contributed by atoms with van der Waals surface area (Å²) in [6.45, 7) is 0.391. The van der Waals surface area contributed by atoms with E-state index in [4.69, 9.17) is 16.3 Å². The maximum absolute atomic E-state index is 12.5. The van der Waals surface area contributed by atoms with E-state index in [9.17, 15) is 10.1 Å². The average Bonchev–Trinajstić information content (AvgIpc) is 2.69. The monoisotopic (exact) mass is 380 g/mol. The summed E-state index contributed by atoms with van der Waals surface area (Å²) in [6.07, 6.45) is 0.630. The SMILES string of the molecule is COc1ccc(CCNC(=O)[C@@H](C#N)c2nc3ccccc3nc2Cl)cc1. The number of carbonyl (C=O) groups is 1. The third-order valence-electron chi connectivity index (χ3n) is 4.09. The average molecular weight is 381 g/mol. The zero-order valence-corrected chi connectivity index (χ0v) is 15.4. The minimum atomic E-state index is -1.12. The normalized spacial score (nSPS) is 11.6. The molecular weight excluding hydrogens is 364 g/mol. The van der Waals surface area contributed by atoms with Crippen LogP contribution in [0.5, 0.6) is 5.75 Å². The van der Waals surface area contributed by atoms with Gasteiger partial charge in [-0.2, -0.15) is 5.26 Å². The molecule has 0 fully saturated rings. The summed E-state index contributed by atoms with van der Waals surface area (Å²) >= 11 is 6.16. The molecule has 6 nitrogen and oxygen atoms in total. The number of ether oxygens (including phenoxy) is 1. The Morgan fingerprint density at radius 1 is 1.19 bits per heavy atom. The molecule has 3 aromatic rings. The number of amides is 1. The first-order chi connectivity index (χ1) is 13.1. The summed E-state index contributed by atoms with van der Waals surface area (Å²) in [5.41, 5.74) is 2.42. The van der Waals surface area contributed by atoms with E-state index in [-0.39, 0.29) is 10.8 Å². The van der Waals surface area contributed by atoms with E-state index in [1.165, 1.54) is 0 Å². The number of para-hydroxylation sites is 2. The Hall–Kier alpha value is -3.17. The number of nitrogens with zero attached hydrogens (tertiary/aromatic N) is 3. The highest BCUT2D eigenvalue weighted by Crippen LogP contribution is 2.24. The first kappa shape index (κ1) is 18.6. The van der Waals surface area contributed by atoms with E-state index in [1.807, 2.05) is 42.5 Å². The number of nitriles is 1. The zero-order valence-electron chi connectivity index (χ0n) is 14.6. The fraction of sp³-hybridized carbons (Fsp3) is 0.200. The van der Waals surface area contributed by atoms with E-state index in [1.54, 1.807) is 19.2 Å². The van der Waals surface area contributed by atoms with Crippen LogP contribution in [0.25, 0.3) is 11.0 Å². The molecule has 0 aliphatic heterocycles. The van der Waals surface area contributed by atoms with E-state index >= 15 is 0 Å². The molecule has 1 amide bonds. The Labute approximate surface area is 161 Å². The second kappa shape index (κ2) is 8.47. The van der Waals surface area contributed by atoms with Gasteiger partial charge in [-0.15, -0.1) is 0 Å². The molecule has 2 aromatic carbocycles. The molecule has 7 heteroatoms. The lowest BCUT2D eigenvalue weighted by atomic mass is 10.1. The van der Waals surface area contributed by atoms with Crippen LogP contribution in [0.2, 0.25) is 5.15 Å². The van der Waals surface area contributed by atoms with Gasteiger partial charge in [0, 0.05) is 6.54 Å². The number of hydrogen-bond donors (Lipinski definition) is 1. The summed E-state index contributed by atoms with van der Waals surface area (Å²) < 4.78 is 5.12. The van der Waals surface area contributed by atoms with Crippen LogP contribution in [0.3, 0.4) is 0 Å². The van der Waals surface area contributed by atoms with Crippen molar-refractivity contribution in [3.05, 3.63) is 64.9 Å². The van der Waals surface area contributed by atoms with Crippen LogP contribution in [-0.4, -0.2) is 29.5 Å². The van der Waals surface area contributed by atoms with Gasteiger partial charge in [0.2, 0.25) is 5.91 Å². The largest absolute Gasteiger partial charge is 0.497 e. The first-order valence-electron chi connectivity index (χ1n) is 8.35. The van der Waals surface area contributed by atoms with Crippen molar-refractivity contribution in [3.8, 4) is 11.8 Å². The quantitative estimate of drug-likeness (QED) is 0.709. The Morgan fingerprint density at radius 2 is 1.85 bits per heavy atom. The van der Waals surface area contributed by atoms with Gasteiger partial charge in [0.15, 0.2) is 11.1 Å². The maximum Gasteiger partial charge on any atom is 0.243 e. The third kappa shape index (κ3) is 4.33. The Bertz CT molecular complexity index is 999. The Morgan fingerprint density at radius 3 is 2.48 bits per heavy atom. The zero-order chi connectivity index (χ0) is 19.2. The molecule has 0 spiro atoms. The molecule has 1 atom stereocenters. The third-order valence-corrected chi connectivity index (χ3v) is 4.37. The smallest absolute Gasteiger partial charge is 0.243 e. The lowest BCUT2D eigenvalue weighted by Gasteiger charge is -2.12. The van der Waals surface area contributed by atoms with E-state index in [2.05, 4.69) is 15.3 Å². The highest BCUT2D eigenvalue weighted by atomic mass is 35.5. The van der Waals surface area contributed by atoms with Gasteiger partial charge in [0.05, 0.1) is 24.2 Å². The van der Waals surface area contributed by atoms with Crippen molar-refractivity contribution in [2.45, 2.75) is 12.3 Å². The lowest BCUT2D eigenvalue weighted by molar-refractivity contribution is -0.121. The number of hydrogen-bond acceptors (Lipinski definition) is 5. The lowest BCUT2D eigenvalue weighted by Crippen LogP contribution is -2.31. The fourth-order valence-corrected chi connectivity index (χ4v) is 2.89. The van der Waals surface area contributed by atoms with Crippen molar-refractivity contribution in [1.82, 2.24) is 15.3 Å². The minimum Gasteiger partial charge on any atom is -0.497 e. The van der Waals surface area contributed by atoms with Crippen LogP contribution < -0.4 is 10.1 Å². The summed E-state index contributed by atoms with van der Waals surface area (Å²) in [7, 11) is 1.61. The van der Waals surface area contributed by atoms with E-state index in [0.717, 1.165) is 11.3 Å². The molecule has 0 saturated heterocycles. The molecule has 0 unspecified atom stereocenters. The van der Waals surface area contributed by atoms with Crippen molar-refractivity contribution in [1.29, 1.82) is 5.26 Å². The van der Waals surface area contributed by atoms with Crippen LogP contribution in [0, 0.1) is 11.3 Å². The van der Waals surface area contributed by atoms with Crippen molar-refractivity contribution < 1.29 is 9.53 Å². The summed E-state index contributed by atoms with van der Waals surface area (Å²) in [4.78, 5) is 21.1. The van der Waals surface area contributed by atoms with Crippen molar-refractivity contribution in [3.63, 3.8) is 0 Å². The molecule has 0 radical (unpaired) electrons. The molecule has 1 heterocycles. The molecule has 1 N–H and O–H groups in total. The van der Waals surface area contributed by atoms with Gasteiger partial charge in [0.1, 0.15) is 11.4 Å². The number of carbonyl (C=O) groups excluding carboxylic acids is 1. The van der Waals surface area contributed by atoms with Gasteiger partial charge in [0.25, 0.3) is 0 Å². The molecule has 0 aliphatic carbocycles. The molecule has 0 bridgehead atoms. The number of halogens is 1. The van der Waals surface area contributed by atoms with E-state index in [0.29, 0.717) is 24.0 Å². The molecule has 3 rings (SSSR count). The summed E-state index contributed by atoms with van der Waals surface area (Å²) in [6, 6.07) is 16.7. The van der Waals surface area contributed by atoms with Crippen molar-refractivity contribution in [2.24, 2.45) is 0 Å². The maximum atomic E-state index is 12.5. The second-order valence-corrected chi connectivity index (χ2v) is 6.20.